The van der Waals surface area contributed by atoms with Crippen molar-refractivity contribution in [1.82, 2.24) is 0 Å². The summed E-state index contributed by atoms with van der Waals surface area (Å²) < 4.78 is 0. The molecule has 4 heteroatoms. The molecule has 0 radical (unpaired) electrons. The van der Waals surface area contributed by atoms with Gasteiger partial charge in [0, 0.05) is 12.2 Å². The maximum absolute atomic E-state index is 10.4. The van der Waals surface area contributed by atoms with E-state index >= 15 is 0 Å². The lowest BCUT2D eigenvalue weighted by Crippen LogP contribution is -1.86. The van der Waals surface area contributed by atoms with E-state index in [1.807, 2.05) is 0 Å². The molecule has 0 bridgehead atoms. The zero-order valence-corrected chi connectivity index (χ0v) is 42.2. The SMILES string of the molecule is O=C(O)C=CCCCCCCC=CCCCCCCCCCCCCCCCCCCCCCCCCCCCCCCCCCCCCCCCCCCCCCC=CC(=O)O. The van der Waals surface area contributed by atoms with Gasteiger partial charge in [-0.2, -0.15) is 0 Å². The number of hydrogen-bond acceptors (Lipinski definition) is 2. The van der Waals surface area contributed by atoms with Crippen molar-refractivity contribution in [3.05, 3.63) is 36.5 Å². The lowest BCUT2D eigenvalue weighted by Gasteiger charge is -2.05. The van der Waals surface area contributed by atoms with Gasteiger partial charge in [-0.25, -0.2) is 9.59 Å². The number of allylic oxidation sites excluding steroid dienone is 4. The van der Waals surface area contributed by atoms with E-state index in [1.54, 1.807) is 12.2 Å². The average molecular weight is 884 g/mol. The monoisotopic (exact) mass is 883 g/mol. The van der Waals surface area contributed by atoms with Crippen LogP contribution in [-0.2, 0) is 9.59 Å². The predicted molar refractivity (Wildman–Crippen MR) is 278 cm³/mol. The van der Waals surface area contributed by atoms with E-state index in [0.717, 1.165) is 25.7 Å². The second kappa shape index (κ2) is 56.3. The Labute approximate surface area is 394 Å². The first-order valence-corrected chi connectivity index (χ1v) is 28.6. The minimum atomic E-state index is -0.838. The van der Waals surface area contributed by atoms with Crippen LogP contribution in [0.25, 0.3) is 0 Å². The molecule has 0 rings (SSSR count). The topological polar surface area (TPSA) is 74.6 Å². The Morgan fingerprint density at radius 3 is 0.429 bits per heavy atom. The van der Waals surface area contributed by atoms with Gasteiger partial charge in [-0.1, -0.05) is 300 Å². The van der Waals surface area contributed by atoms with E-state index in [2.05, 4.69) is 12.2 Å². The minimum absolute atomic E-state index is 0.829. The molecule has 370 valence electrons. The minimum Gasteiger partial charge on any atom is -0.478 e. The largest absolute Gasteiger partial charge is 0.478 e. The van der Waals surface area contributed by atoms with Crippen molar-refractivity contribution in [2.24, 2.45) is 0 Å². The molecular weight excluding hydrogens is 773 g/mol. The van der Waals surface area contributed by atoms with E-state index in [4.69, 9.17) is 10.2 Å². The molecule has 0 heterocycles. The summed E-state index contributed by atoms with van der Waals surface area (Å²) in [5.41, 5.74) is 0. The highest BCUT2D eigenvalue weighted by molar-refractivity contribution is 5.79. The molecule has 2 N–H and O–H groups in total. The van der Waals surface area contributed by atoms with Crippen LogP contribution in [0.4, 0.5) is 0 Å². The van der Waals surface area contributed by atoms with Crippen molar-refractivity contribution in [2.45, 2.75) is 327 Å². The van der Waals surface area contributed by atoms with Gasteiger partial charge in [0.05, 0.1) is 0 Å². The van der Waals surface area contributed by atoms with Crippen LogP contribution in [0.5, 0.6) is 0 Å². The van der Waals surface area contributed by atoms with Crippen molar-refractivity contribution in [3.63, 3.8) is 0 Å². The first kappa shape index (κ1) is 61.2. The number of rotatable bonds is 55. The molecule has 0 amide bonds. The maximum atomic E-state index is 10.4. The molecule has 0 aromatic carbocycles. The van der Waals surface area contributed by atoms with Crippen LogP contribution in [0.2, 0.25) is 0 Å². The summed E-state index contributed by atoms with van der Waals surface area (Å²) in [6, 6.07) is 0. The summed E-state index contributed by atoms with van der Waals surface area (Å²) in [4.78, 5) is 20.9. The summed E-state index contributed by atoms with van der Waals surface area (Å²) >= 11 is 0. The molecule has 63 heavy (non-hydrogen) atoms. The smallest absolute Gasteiger partial charge is 0.327 e. The lowest BCUT2D eigenvalue weighted by atomic mass is 10.0. The van der Waals surface area contributed by atoms with Crippen LogP contribution < -0.4 is 0 Å². The van der Waals surface area contributed by atoms with Crippen LogP contribution in [0.15, 0.2) is 36.5 Å². The molecule has 0 aliphatic rings. The molecule has 0 atom stereocenters. The van der Waals surface area contributed by atoms with E-state index in [9.17, 15) is 9.59 Å². The maximum Gasteiger partial charge on any atom is 0.327 e. The standard InChI is InChI=1S/C59H110O4/c60-58(61)56-54-52-50-48-46-44-42-40-38-36-34-32-30-28-26-24-22-20-18-16-14-12-10-8-6-4-2-1-3-5-7-9-11-13-15-17-19-21-23-25-27-29-31-33-35-37-39-41-43-45-47-49-51-53-55-57-59(62)63/h38,40,54-57H,1-37,39,41-53H2,(H,60,61)(H,62,63). The normalized spacial score (nSPS) is 11.9. The molecule has 0 unspecified atom stereocenters. The third-order valence-electron chi connectivity index (χ3n) is 13.4. The Kier molecular flexibility index (Phi) is 54.6. The number of carbonyl (C=O) groups is 2. The van der Waals surface area contributed by atoms with E-state index in [-0.39, 0.29) is 0 Å². The van der Waals surface area contributed by atoms with E-state index in [0.29, 0.717) is 0 Å². The molecule has 0 aliphatic heterocycles. The van der Waals surface area contributed by atoms with Gasteiger partial charge < -0.3 is 10.2 Å². The van der Waals surface area contributed by atoms with Crippen molar-refractivity contribution in [2.75, 3.05) is 0 Å². The second-order valence-electron chi connectivity index (χ2n) is 19.7. The first-order valence-electron chi connectivity index (χ1n) is 28.6. The van der Waals surface area contributed by atoms with Gasteiger partial charge >= 0.3 is 11.9 Å². The molecule has 0 fully saturated rings. The van der Waals surface area contributed by atoms with Gasteiger partial charge in [-0.3, -0.25) is 0 Å². The summed E-state index contributed by atoms with van der Waals surface area (Å²) in [6.45, 7) is 0. The Bertz CT molecular complexity index is 982. The van der Waals surface area contributed by atoms with Gasteiger partial charge in [0.1, 0.15) is 0 Å². The highest BCUT2D eigenvalue weighted by Crippen LogP contribution is 2.19. The van der Waals surface area contributed by atoms with Gasteiger partial charge in [-0.15, -0.1) is 0 Å². The number of unbranched alkanes of at least 4 members (excludes halogenated alkanes) is 49. The fraction of sp³-hybridized carbons (Fsp3) is 0.864. The number of aliphatic carboxylic acids is 2. The lowest BCUT2D eigenvalue weighted by molar-refractivity contribution is -0.132. The zero-order chi connectivity index (χ0) is 45.5. The Balaban J connectivity index is 3.11. The van der Waals surface area contributed by atoms with Crippen molar-refractivity contribution < 1.29 is 19.8 Å². The summed E-state index contributed by atoms with van der Waals surface area (Å²) in [6.07, 6.45) is 81.5. The third kappa shape index (κ3) is 60.2. The van der Waals surface area contributed by atoms with Crippen LogP contribution in [-0.4, -0.2) is 22.2 Å². The molecule has 0 spiro atoms. The molecule has 0 saturated carbocycles. The van der Waals surface area contributed by atoms with Crippen LogP contribution in [0.3, 0.4) is 0 Å². The molecule has 4 nitrogen and oxygen atoms in total. The van der Waals surface area contributed by atoms with Crippen LogP contribution >= 0.6 is 0 Å². The van der Waals surface area contributed by atoms with E-state index < -0.39 is 11.9 Å². The Morgan fingerprint density at radius 1 is 0.190 bits per heavy atom. The van der Waals surface area contributed by atoms with E-state index in [1.165, 1.54) is 314 Å². The number of carboxylic acid groups (broad SMARTS) is 2. The predicted octanol–water partition coefficient (Wildman–Crippen LogP) is 20.7. The number of carboxylic acids is 2. The zero-order valence-electron chi connectivity index (χ0n) is 42.2. The third-order valence-corrected chi connectivity index (χ3v) is 13.4. The molecule has 0 aromatic heterocycles. The van der Waals surface area contributed by atoms with Crippen LogP contribution in [0.1, 0.15) is 327 Å². The highest BCUT2D eigenvalue weighted by Gasteiger charge is 1.99. The van der Waals surface area contributed by atoms with Gasteiger partial charge in [-0.05, 0) is 51.4 Å². The Hall–Kier alpha value is -1.84. The summed E-state index contributed by atoms with van der Waals surface area (Å²) in [7, 11) is 0. The summed E-state index contributed by atoms with van der Waals surface area (Å²) in [5, 5.41) is 17.2. The average Bonchev–Trinajstić information content (AvgIpc) is 3.27. The molecule has 0 saturated heterocycles. The fourth-order valence-corrected chi connectivity index (χ4v) is 9.25. The fourth-order valence-electron chi connectivity index (χ4n) is 9.25. The molecule has 0 aromatic rings. The van der Waals surface area contributed by atoms with Crippen molar-refractivity contribution >= 4 is 11.9 Å². The molecule has 0 aliphatic carbocycles. The van der Waals surface area contributed by atoms with Crippen molar-refractivity contribution in [1.29, 1.82) is 0 Å². The van der Waals surface area contributed by atoms with Gasteiger partial charge in [0.2, 0.25) is 0 Å². The van der Waals surface area contributed by atoms with Crippen LogP contribution in [0, 0.1) is 0 Å². The quantitative estimate of drug-likeness (QED) is 0.0363. The first-order chi connectivity index (χ1) is 31.1. The second-order valence-corrected chi connectivity index (χ2v) is 19.7. The number of hydrogen-bond donors (Lipinski definition) is 2. The summed E-state index contributed by atoms with van der Waals surface area (Å²) in [5.74, 6) is -1.67. The molecular formula is C59H110O4. The highest BCUT2D eigenvalue weighted by atomic mass is 16.4. The Morgan fingerprint density at radius 2 is 0.302 bits per heavy atom. The van der Waals surface area contributed by atoms with Gasteiger partial charge in [0.25, 0.3) is 0 Å². The van der Waals surface area contributed by atoms with Gasteiger partial charge in [0.15, 0.2) is 0 Å². The van der Waals surface area contributed by atoms with Crippen molar-refractivity contribution in [3.8, 4) is 0 Å².